The molecule has 0 atom stereocenters. The van der Waals surface area contributed by atoms with Gasteiger partial charge in [-0.25, -0.2) is 13.1 Å². The zero-order valence-electron chi connectivity index (χ0n) is 11.1. The van der Waals surface area contributed by atoms with Crippen LogP contribution in [0.25, 0.3) is 0 Å². The van der Waals surface area contributed by atoms with Crippen LogP contribution in [0.1, 0.15) is 31.9 Å². The van der Waals surface area contributed by atoms with Crippen molar-refractivity contribution in [3.8, 4) is 0 Å². The van der Waals surface area contributed by atoms with Gasteiger partial charge in [-0.1, -0.05) is 19.1 Å². The maximum absolute atomic E-state index is 12.1. The topological polar surface area (TPSA) is 71.3 Å². The summed E-state index contributed by atoms with van der Waals surface area (Å²) in [6, 6.07) is 3.16. The molecule has 106 valence electrons. The van der Waals surface area contributed by atoms with Crippen molar-refractivity contribution in [1.82, 2.24) is 10.0 Å². The fourth-order valence-corrected chi connectivity index (χ4v) is 3.19. The molecule has 1 aliphatic rings. The maximum Gasteiger partial charge on any atom is 0.274 e. The molecule has 0 saturated heterocycles. The highest BCUT2D eigenvalue weighted by molar-refractivity contribution is 7.89. The molecule has 0 aromatic carbocycles. The molecule has 6 heteroatoms. The Hall–Kier alpha value is -1.11. The summed E-state index contributed by atoms with van der Waals surface area (Å²) in [6.07, 6.45) is 6.47. The SMILES string of the molecule is CCCNCc1ccc(S(=O)(=O)NC2CC=CC2)o1. The Kier molecular flexibility index (Phi) is 4.79. The van der Waals surface area contributed by atoms with E-state index in [9.17, 15) is 8.42 Å². The fourth-order valence-electron chi connectivity index (χ4n) is 1.98. The number of hydrogen-bond acceptors (Lipinski definition) is 4. The minimum Gasteiger partial charge on any atom is -0.447 e. The van der Waals surface area contributed by atoms with E-state index in [-0.39, 0.29) is 11.1 Å². The number of sulfonamides is 1. The molecule has 0 saturated carbocycles. The van der Waals surface area contributed by atoms with Crippen LogP contribution >= 0.6 is 0 Å². The summed E-state index contributed by atoms with van der Waals surface area (Å²) in [6.45, 7) is 3.51. The Balaban J connectivity index is 1.96. The first-order valence-electron chi connectivity index (χ1n) is 6.58. The van der Waals surface area contributed by atoms with Crippen molar-refractivity contribution < 1.29 is 12.8 Å². The van der Waals surface area contributed by atoms with Crippen LogP contribution in [0.15, 0.2) is 33.8 Å². The van der Waals surface area contributed by atoms with Gasteiger partial charge in [-0.3, -0.25) is 0 Å². The maximum atomic E-state index is 12.1. The average Bonchev–Trinajstić information content (AvgIpc) is 3.00. The van der Waals surface area contributed by atoms with Gasteiger partial charge in [0.05, 0.1) is 6.54 Å². The predicted octanol–water partition coefficient (Wildman–Crippen LogP) is 1.78. The summed E-state index contributed by atoms with van der Waals surface area (Å²) < 4.78 is 32.2. The molecule has 1 aliphatic carbocycles. The van der Waals surface area contributed by atoms with Crippen LogP contribution in [0.2, 0.25) is 0 Å². The molecule has 0 radical (unpaired) electrons. The second kappa shape index (κ2) is 6.36. The quantitative estimate of drug-likeness (QED) is 0.591. The molecule has 0 fully saturated rings. The largest absolute Gasteiger partial charge is 0.447 e. The van der Waals surface area contributed by atoms with Crippen LogP contribution in [0.4, 0.5) is 0 Å². The number of furan rings is 1. The molecule has 1 aromatic heterocycles. The summed E-state index contributed by atoms with van der Waals surface area (Å²) in [5.41, 5.74) is 0. The lowest BCUT2D eigenvalue weighted by molar-refractivity contribution is 0.398. The van der Waals surface area contributed by atoms with Crippen molar-refractivity contribution in [2.45, 2.75) is 43.9 Å². The highest BCUT2D eigenvalue weighted by Gasteiger charge is 2.23. The molecule has 0 bridgehead atoms. The second-order valence-corrected chi connectivity index (χ2v) is 6.30. The Labute approximate surface area is 114 Å². The van der Waals surface area contributed by atoms with Gasteiger partial charge in [0.15, 0.2) is 0 Å². The van der Waals surface area contributed by atoms with E-state index in [2.05, 4.69) is 17.0 Å². The summed E-state index contributed by atoms with van der Waals surface area (Å²) in [5, 5.41) is 3.16. The molecular formula is C13H20N2O3S. The highest BCUT2D eigenvalue weighted by Crippen LogP contribution is 2.17. The van der Waals surface area contributed by atoms with Gasteiger partial charge < -0.3 is 9.73 Å². The third kappa shape index (κ3) is 3.92. The first kappa shape index (κ1) is 14.3. The average molecular weight is 284 g/mol. The Morgan fingerprint density at radius 1 is 1.32 bits per heavy atom. The molecule has 0 unspecified atom stereocenters. The van der Waals surface area contributed by atoms with E-state index in [1.165, 1.54) is 6.07 Å². The number of nitrogens with one attached hydrogen (secondary N) is 2. The van der Waals surface area contributed by atoms with Crippen molar-refractivity contribution in [3.63, 3.8) is 0 Å². The third-order valence-electron chi connectivity index (χ3n) is 2.96. The first-order valence-corrected chi connectivity index (χ1v) is 8.07. The van der Waals surface area contributed by atoms with Gasteiger partial charge >= 0.3 is 0 Å². The van der Waals surface area contributed by atoms with E-state index in [0.717, 1.165) is 25.8 Å². The smallest absolute Gasteiger partial charge is 0.274 e. The zero-order chi connectivity index (χ0) is 13.7. The summed E-state index contributed by atoms with van der Waals surface area (Å²) in [7, 11) is -3.54. The molecule has 1 aromatic rings. The van der Waals surface area contributed by atoms with Crippen LogP contribution in [0.3, 0.4) is 0 Å². The van der Waals surface area contributed by atoms with Crippen LogP contribution < -0.4 is 10.0 Å². The standard InChI is InChI=1S/C13H20N2O3S/c1-2-9-14-10-12-7-8-13(18-12)19(16,17)15-11-5-3-4-6-11/h3-4,7-8,11,14-15H,2,5-6,9-10H2,1H3. The first-order chi connectivity index (χ1) is 9.12. The highest BCUT2D eigenvalue weighted by atomic mass is 32.2. The van der Waals surface area contributed by atoms with Crippen molar-refractivity contribution >= 4 is 10.0 Å². The van der Waals surface area contributed by atoms with E-state index in [0.29, 0.717) is 12.3 Å². The molecular weight excluding hydrogens is 264 g/mol. The lowest BCUT2D eigenvalue weighted by atomic mass is 10.3. The van der Waals surface area contributed by atoms with E-state index in [1.54, 1.807) is 6.07 Å². The van der Waals surface area contributed by atoms with Crippen molar-refractivity contribution in [2.75, 3.05) is 6.54 Å². The summed E-state index contributed by atoms with van der Waals surface area (Å²) >= 11 is 0. The van der Waals surface area contributed by atoms with Crippen LogP contribution in [-0.4, -0.2) is 21.0 Å². The van der Waals surface area contributed by atoms with E-state index < -0.39 is 10.0 Å². The van der Waals surface area contributed by atoms with Gasteiger partial charge in [0.1, 0.15) is 5.76 Å². The minimum atomic E-state index is -3.54. The molecule has 1 heterocycles. The lowest BCUT2D eigenvalue weighted by Gasteiger charge is -2.10. The zero-order valence-corrected chi connectivity index (χ0v) is 11.9. The summed E-state index contributed by atoms with van der Waals surface area (Å²) in [4.78, 5) is 0. The predicted molar refractivity (Wildman–Crippen MR) is 73.2 cm³/mol. The lowest BCUT2D eigenvalue weighted by Crippen LogP contribution is -2.32. The van der Waals surface area contributed by atoms with Gasteiger partial charge in [0, 0.05) is 6.04 Å². The van der Waals surface area contributed by atoms with Crippen molar-refractivity contribution in [1.29, 1.82) is 0 Å². The van der Waals surface area contributed by atoms with Crippen LogP contribution in [0, 0.1) is 0 Å². The van der Waals surface area contributed by atoms with Crippen LogP contribution in [0.5, 0.6) is 0 Å². The minimum absolute atomic E-state index is 0.00676. The van der Waals surface area contributed by atoms with Crippen molar-refractivity contribution in [3.05, 3.63) is 30.0 Å². The molecule has 0 amide bonds. The molecule has 2 rings (SSSR count). The van der Waals surface area contributed by atoms with Crippen LogP contribution in [-0.2, 0) is 16.6 Å². The van der Waals surface area contributed by atoms with E-state index >= 15 is 0 Å². The molecule has 0 aliphatic heterocycles. The van der Waals surface area contributed by atoms with E-state index in [4.69, 9.17) is 4.42 Å². The van der Waals surface area contributed by atoms with Gasteiger partial charge in [0.25, 0.3) is 10.0 Å². The van der Waals surface area contributed by atoms with E-state index in [1.807, 2.05) is 12.2 Å². The number of hydrogen-bond donors (Lipinski definition) is 2. The molecule has 2 N–H and O–H groups in total. The van der Waals surface area contributed by atoms with Gasteiger partial charge in [-0.15, -0.1) is 0 Å². The normalized spacial score (nSPS) is 16.3. The Morgan fingerprint density at radius 3 is 2.74 bits per heavy atom. The second-order valence-electron chi connectivity index (χ2n) is 4.66. The van der Waals surface area contributed by atoms with Gasteiger partial charge in [-0.05, 0) is 37.9 Å². The Bertz CT molecular complexity index is 526. The summed E-state index contributed by atoms with van der Waals surface area (Å²) in [5.74, 6) is 0.637. The molecule has 5 nitrogen and oxygen atoms in total. The number of rotatable bonds is 7. The van der Waals surface area contributed by atoms with Gasteiger partial charge in [-0.2, -0.15) is 0 Å². The van der Waals surface area contributed by atoms with Crippen molar-refractivity contribution in [2.24, 2.45) is 0 Å². The third-order valence-corrected chi connectivity index (χ3v) is 4.35. The molecule has 19 heavy (non-hydrogen) atoms. The van der Waals surface area contributed by atoms with Gasteiger partial charge in [0.2, 0.25) is 5.09 Å². The monoisotopic (exact) mass is 284 g/mol. The fraction of sp³-hybridized carbons (Fsp3) is 0.538. The molecule has 0 spiro atoms. The Morgan fingerprint density at radius 2 is 2.05 bits per heavy atom.